The monoisotopic (exact) mass is 486 g/mol. The van der Waals surface area contributed by atoms with E-state index in [1.807, 2.05) is 31.2 Å². The molecular weight excluding hydrogens is 464 g/mol. The number of epoxide rings is 1. The van der Waals surface area contributed by atoms with E-state index in [1.54, 1.807) is 48.5 Å². The molecule has 1 heterocycles. The average molecular weight is 487 g/mol. The van der Waals surface area contributed by atoms with E-state index >= 15 is 0 Å². The fourth-order valence-electron chi connectivity index (χ4n) is 4.11. The van der Waals surface area contributed by atoms with Crippen LogP contribution in [0.2, 0.25) is 0 Å². The van der Waals surface area contributed by atoms with Crippen LogP contribution in [0.5, 0.6) is 0 Å². The Morgan fingerprint density at radius 2 is 1.14 bits per heavy atom. The molecule has 0 bridgehead atoms. The van der Waals surface area contributed by atoms with Gasteiger partial charge in [0.15, 0.2) is 23.3 Å². The lowest BCUT2D eigenvalue weighted by atomic mass is 9.99. The van der Waals surface area contributed by atoms with Gasteiger partial charge in [0.1, 0.15) is 6.10 Å². The normalized spacial score (nSPS) is 15.2. The van der Waals surface area contributed by atoms with Gasteiger partial charge in [0.05, 0.1) is 6.61 Å². The quantitative estimate of drug-likeness (QED) is 0.151. The Labute approximate surface area is 207 Å². The molecule has 5 rings (SSSR count). The fraction of sp³-hybridized carbons (Fsp3) is 0.0968. The van der Waals surface area contributed by atoms with E-state index in [4.69, 9.17) is 4.74 Å². The molecule has 1 fully saturated rings. The third-order valence-electron chi connectivity index (χ3n) is 6.16. The number of allylic oxidation sites excluding steroid dienone is 1. The van der Waals surface area contributed by atoms with Gasteiger partial charge in [-0.3, -0.25) is 0 Å². The average Bonchev–Trinajstić information content (AvgIpc) is 3.73. The first-order valence-electron chi connectivity index (χ1n) is 11.6. The molecule has 1 nitrogen and oxygen atoms in total. The van der Waals surface area contributed by atoms with Gasteiger partial charge in [0, 0.05) is 22.3 Å². The second-order valence-electron chi connectivity index (χ2n) is 8.56. The highest BCUT2D eigenvalue weighted by atomic mass is 19.2. The number of rotatable bonds is 6. The number of halogens is 4. The Morgan fingerprint density at radius 3 is 1.69 bits per heavy atom. The van der Waals surface area contributed by atoms with Crippen LogP contribution in [0.25, 0.3) is 40.5 Å². The van der Waals surface area contributed by atoms with Crippen molar-refractivity contribution in [3.8, 4) is 22.3 Å². The molecule has 4 aromatic rings. The summed E-state index contributed by atoms with van der Waals surface area (Å²) in [7, 11) is 0. The van der Waals surface area contributed by atoms with Crippen LogP contribution >= 0.6 is 0 Å². The molecule has 0 aliphatic carbocycles. The highest BCUT2D eigenvalue weighted by Gasteiger charge is 2.30. The molecule has 1 aliphatic heterocycles. The zero-order valence-electron chi connectivity index (χ0n) is 19.4. The van der Waals surface area contributed by atoms with Gasteiger partial charge < -0.3 is 4.74 Å². The summed E-state index contributed by atoms with van der Waals surface area (Å²) in [6, 6.07) is 20.1. The Hall–Kier alpha value is -3.96. The molecule has 36 heavy (non-hydrogen) atoms. The van der Waals surface area contributed by atoms with E-state index in [-0.39, 0.29) is 28.4 Å². The van der Waals surface area contributed by atoms with Crippen molar-refractivity contribution in [2.24, 2.45) is 0 Å². The highest BCUT2D eigenvalue weighted by molar-refractivity contribution is 5.75. The molecule has 0 saturated carbocycles. The summed E-state index contributed by atoms with van der Waals surface area (Å²) in [6.07, 6.45) is 6.58. The van der Waals surface area contributed by atoms with E-state index in [2.05, 4.69) is 0 Å². The molecule has 0 radical (unpaired) electrons. The van der Waals surface area contributed by atoms with Crippen LogP contribution in [0.4, 0.5) is 17.6 Å². The second kappa shape index (κ2) is 9.96. The molecule has 1 saturated heterocycles. The van der Waals surface area contributed by atoms with Crippen molar-refractivity contribution in [3.05, 3.63) is 124 Å². The van der Waals surface area contributed by atoms with Crippen molar-refractivity contribution in [2.45, 2.75) is 13.0 Å². The molecule has 1 unspecified atom stereocenters. The molecule has 1 atom stereocenters. The van der Waals surface area contributed by atoms with Gasteiger partial charge in [-0.1, -0.05) is 97.1 Å². The summed E-state index contributed by atoms with van der Waals surface area (Å²) in [4.78, 5) is 0. The van der Waals surface area contributed by atoms with Crippen molar-refractivity contribution in [3.63, 3.8) is 0 Å². The topological polar surface area (TPSA) is 12.5 Å². The largest absolute Gasteiger partial charge is 0.368 e. The zero-order chi connectivity index (χ0) is 25.2. The molecule has 0 aromatic heterocycles. The lowest BCUT2D eigenvalue weighted by molar-refractivity contribution is 0.401. The van der Waals surface area contributed by atoms with Crippen LogP contribution in [0.15, 0.2) is 78.9 Å². The third kappa shape index (κ3) is 4.75. The maximum Gasteiger partial charge on any atom is 0.167 e. The summed E-state index contributed by atoms with van der Waals surface area (Å²) in [5.74, 6) is -3.66. The van der Waals surface area contributed by atoms with Crippen molar-refractivity contribution in [2.75, 3.05) is 6.61 Å². The van der Waals surface area contributed by atoms with Gasteiger partial charge >= 0.3 is 0 Å². The predicted octanol–water partition coefficient (Wildman–Crippen LogP) is 8.85. The molecule has 180 valence electrons. The van der Waals surface area contributed by atoms with Crippen molar-refractivity contribution in [1.82, 2.24) is 0 Å². The minimum absolute atomic E-state index is 0.108. The number of ether oxygens (including phenoxy) is 1. The second-order valence-corrected chi connectivity index (χ2v) is 8.56. The Morgan fingerprint density at radius 1 is 0.611 bits per heavy atom. The smallest absolute Gasteiger partial charge is 0.167 e. The summed E-state index contributed by atoms with van der Waals surface area (Å²) in [5.41, 5.74) is 3.44. The van der Waals surface area contributed by atoms with Gasteiger partial charge in [-0.25, -0.2) is 17.6 Å². The molecule has 1 aliphatic rings. The maximum absolute atomic E-state index is 14.8. The molecule has 4 aromatic carbocycles. The van der Waals surface area contributed by atoms with E-state index in [1.165, 1.54) is 24.3 Å². The summed E-state index contributed by atoms with van der Waals surface area (Å²) < 4.78 is 63.6. The van der Waals surface area contributed by atoms with Crippen LogP contribution in [-0.2, 0) is 4.74 Å². The lowest BCUT2D eigenvalue weighted by Crippen LogP contribution is -1.96. The first-order chi connectivity index (χ1) is 17.5. The first-order valence-corrected chi connectivity index (χ1v) is 11.6. The Bertz CT molecular complexity index is 1460. The molecular formula is C31H22F4O. The van der Waals surface area contributed by atoms with E-state index in [9.17, 15) is 17.6 Å². The Balaban J connectivity index is 1.35. The van der Waals surface area contributed by atoms with E-state index in [0.29, 0.717) is 23.3 Å². The highest BCUT2D eigenvalue weighted by Crippen LogP contribution is 2.36. The third-order valence-corrected chi connectivity index (χ3v) is 6.16. The van der Waals surface area contributed by atoms with Gasteiger partial charge in [-0.15, -0.1) is 0 Å². The van der Waals surface area contributed by atoms with E-state index < -0.39 is 23.3 Å². The SMILES string of the molecule is C/C=C/c1ccc(-c2ccc(/C=C/c3ccc(-c4ccc(C5CO5)c(F)c4F)cc3)c(F)c2F)cc1. The Kier molecular flexibility index (Phi) is 6.57. The number of hydrogen-bond donors (Lipinski definition) is 0. The van der Waals surface area contributed by atoms with Crippen molar-refractivity contribution >= 4 is 18.2 Å². The number of benzene rings is 4. The van der Waals surface area contributed by atoms with Crippen molar-refractivity contribution < 1.29 is 22.3 Å². The van der Waals surface area contributed by atoms with Crippen LogP contribution in [0, 0.1) is 23.3 Å². The molecule has 0 amide bonds. The maximum atomic E-state index is 14.8. The number of hydrogen-bond acceptors (Lipinski definition) is 1. The molecule has 0 N–H and O–H groups in total. The van der Waals surface area contributed by atoms with Crippen LogP contribution in [0.1, 0.15) is 35.3 Å². The van der Waals surface area contributed by atoms with Crippen molar-refractivity contribution in [1.29, 1.82) is 0 Å². The van der Waals surface area contributed by atoms with Gasteiger partial charge in [0.25, 0.3) is 0 Å². The van der Waals surface area contributed by atoms with Gasteiger partial charge in [-0.05, 0) is 29.2 Å². The summed E-state index contributed by atoms with van der Waals surface area (Å²) in [6.45, 7) is 2.31. The van der Waals surface area contributed by atoms with Crippen LogP contribution in [0.3, 0.4) is 0 Å². The standard InChI is InChI=1S/C31H22F4O/c1-2-3-19-4-9-21(10-5-19)24-15-14-23(28(32)29(24)33)13-8-20-6-11-22(12-7-20)25-16-17-26(27-18-36-27)31(35)30(25)34/h2-17,27H,18H2,1H3/b3-2+,13-8+. The van der Waals surface area contributed by atoms with E-state index in [0.717, 1.165) is 5.56 Å². The predicted molar refractivity (Wildman–Crippen MR) is 136 cm³/mol. The summed E-state index contributed by atoms with van der Waals surface area (Å²) >= 11 is 0. The van der Waals surface area contributed by atoms with Gasteiger partial charge in [-0.2, -0.15) is 0 Å². The first kappa shape index (κ1) is 23.8. The molecule has 5 heteroatoms. The molecule has 0 spiro atoms. The van der Waals surface area contributed by atoms with Crippen LogP contribution < -0.4 is 0 Å². The lowest BCUT2D eigenvalue weighted by Gasteiger charge is -2.08. The minimum Gasteiger partial charge on any atom is -0.368 e. The van der Waals surface area contributed by atoms with Crippen LogP contribution in [-0.4, -0.2) is 6.61 Å². The summed E-state index contributed by atoms with van der Waals surface area (Å²) in [5, 5.41) is 0. The zero-order valence-corrected chi connectivity index (χ0v) is 19.4. The minimum atomic E-state index is -0.935. The fourth-order valence-corrected chi connectivity index (χ4v) is 4.11. The van der Waals surface area contributed by atoms with Gasteiger partial charge in [0.2, 0.25) is 0 Å².